The van der Waals surface area contributed by atoms with E-state index in [-0.39, 0.29) is 0 Å². The van der Waals surface area contributed by atoms with Gasteiger partial charge in [-0.2, -0.15) is 0 Å². The number of fused-ring (bicyclic) bond motifs is 1. The van der Waals surface area contributed by atoms with Gasteiger partial charge in [0.25, 0.3) is 0 Å². The van der Waals surface area contributed by atoms with E-state index in [9.17, 15) is 0 Å². The second-order valence-corrected chi connectivity index (χ2v) is 4.30. The Balaban J connectivity index is 2.07. The maximum absolute atomic E-state index is 6.16. The van der Waals surface area contributed by atoms with Crippen LogP contribution in [0.25, 0.3) is 11.3 Å². The molecule has 1 aliphatic heterocycles. The molecule has 0 fully saturated rings. The molecule has 0 radical (unpaired) electrons. The van der Waals surface area contributed by atoms with Gasteiger partial charge in [-0.15, -0.1) is 0 Å². The van der Waals surface area contributed by atoms with Crippen LogP contribution in [-0.4, -0.2) is 16.1 Å². The van der Waals surface area contributed by atoms with Crippen LogP contribution in [0.4, 0.5) is 0 Å². The number of nitrogens with zero attached hydrogens (tertiary/aromatic N) is 2. The average molecular weight is 234 g/mol. The molecule has 0 unspecified atom stereocenters. The molecule has 1 N–H and O–H groups in total. The van der Waals surface area contributed by atoms with E-state index in [0.29, 0.717) is 0 Å². The fourth-order valence-corrected chi connectivity index (χ4v) is 2.22. The predicted octanol–water partition coefficient (Wildman–Crippen LogP) is 2.31. The van der Waals surface area contributed by atoms with E-state index in [2.05, 4.69) is 21.1 Å². The fraction of sp³-hybridized carbons (Fsp3) is 0.250. The first-order valence-electron chi connectivity index (χ1n) is 5.36. The van der Waals surface area contributed by atoms with Gasteiger partial charge in [0.05, 0.1) is 17.3 Å². The molecule has 1 aromatic heterocycles. The summed E-state index contributed by atoms with van der Waals surface area (Å²) in [5, 5.41) is 4.06. The van der Waals surface area contributed by atoms with Gasteiger partial charge >= 0.3 is 0 Å². The maximum Gasteiger partial charge on any atom is 0.123 e. The molecular formula is C12H12ClN3. The van der Waals surface area contributed by atoms with Gasteiger partial charge in [0.15, 0.2) is 0 Å². The number of hydrogen-bond donors (Lipinski definition) is 1. The first-order valence-corrected chi connectivity index (χ1v) is 5.74. The Hall–Kier alpha value is -1.32. The van der Waals surface area contributed by atoms with Gasteiger partial charge in [-0.1, -0.05) is 29.8 Å². The molecule has 1 aromatic carbocycles. The SMILES string of the molecule is Clc1ccccc1-c1cn2c(n1)CNCC2. The van der Waals surface area contributed by atoms with Crippen LogP contribution in [0.5, 0.6) is 0 Å². The topological polar surface area (TPSA) is 29.9 Å². The largest absolute Gasteiger partial charge is 0.332 e. The lowest BCUT2D eigenvalue weighted by Gasteiger charge is -2.13. The highest BCUT2D eigenvalue weighted by Gasteiger charge is 2.13. The molecule has 0 bridgehead atoms. The van der Waals surface area contributed by atoms with E-state index >= 15 is 0 Å². The van der Waals surface area contributed by atoms with Crippen molar-refractivity contribution >= 4 is 11.6 Å². The van der Waals surface area contributed by atoms with E-state index in [1.807, 2.05) is 24.3 Å². The summed E-state index contributed by atoms with van der Waals surface area (Å²) in [5.74, 6) is 1.08. The minimum atomic E-state index is 0.755. The van der Waals surface area contributed by atoms with Crippen molar-refractivity contribution in [1.82, 2.24) is 14.9 Å². The minimum absolute atomic E-state index is 0.755. The second kappa shape index (κ2) is 3.92. The van der Waals surface area contributed by atoms with Crippen LogP contribution in [0, 0.1) is 0 Å². The number of aromatic nitrogens is 2. The molecule has 1 aliphatic rings. The van der Waals surface area contributed by atoms with E-state index in [1.54, 1.807) is 0 Å². The zero-order valence-corrected chi connectivity index (χ0v) is 9.54. The van der Waals surface area contributed by atoms with Crippen LogP contribution in [0.1, 0.15) is 5.82 Å². The number of hydrogen-bond acceptors (Lipinski definition) is 2. The normalized spacial score (nSPS) is 14.8. The van der Waals surface area contributed by atoms with Crippen molar-refractivity contribution in [2.45, 2.75) is 13.1 Å². The van der Waals surface area contributed by atoms with Crippen molar-refractivity contribution in [1.29, 1.82) is 0 Å². The van der Waals surface area contributed by atoms with Gasteiger partial charge in [0.2, 0.25) is 0 Å². The zero-order chi connectivity index (χ0) is 11.0. The van der Waals surface area contributed by atoms with Gasteiger partial charge in [-0.25, -0.2) is 4.98 Å². The van der Waals surface area contributed by atoms with E-state index in [0.717, 1.165) is 41.7 Å². The molecule has 3 rings (SSSR count). The number of benzene rings is 1. The standard InChI is InChI=1S/C12H12ClN3/c13-10-4-2-1-3-9(10)11-8-16-6-5-14-7-12(16)15-11/h1-4,8,14H,5-7H2. The van der Waals surface area contributed by atoms with Gasteiger partial charge in [0.1, 0.15) is 5.82 Å². The average Bonchev–Trinajstić information content (AvgIpc) is 2.73. The number of halogens is 1. The Kier molecular flexibility index (Phi) is 2.42. The van der Waals surface area contributed by atoms with Gasteiger partial charge < -0.3 is 9.88 Å². The van der Waals surface area contributed by atoms with Crippen LogP contribution in [0.3, 0.4) is 0 Å². The minimum Gasteiger partial charge on any atom is -0.332 e. The second-order valence-electron chi connectivity index (χ2n) is 3.89. The summed E-state index contributed by atoms with van der Waals surface area (Å²) in [5.41, 5.74) is 1.97. The Morgan fingerprint density at radius 1 is 1.31 bits per heavy atom. The van der Waals surface area contributed by atoms with Crippen LogP contribution >= 0.6 is 11.6 Å². The zero-order valence-electron chi connectivity index (χ0n) is 8.78. The van der Waals surface area contributed by atoms with E-state index < -0.39 is 0 Å². The van der Waals surface area contributed by atoms with E-state index in [4.69, 9.17) is 11.6 Å². The van der Waals surface area contributed by atoms with Crippen molar-refractivity contribution in [3.8, 4) is 11.3 Å². The molecule has 16 heavy (non-hydrogen) atoms. The lowest BCUT2D eigenvalue weighted by atomic mass is 10.2. The summed E-state index contributed by atoms with van der Waals surface area (Å²) >= 11 is 6.16. The lowest BCUT2D eigenvalue weighted by Crippen LogP contribution is -2.27. The first-order chi connectivity index (χ1) is 7.84. The Labute approximate surface area is 99.1 Å². The summed E-state index contributed by atoms with van der Waals surface area (Å²) < 4.78 is 2.19. The smallest absolute Gasteiger partial charge is 0.123 e. The monoisotopic (exact) mass is 233 g/mol. The summed E-state index contributed by atoms with van der Waals surface area (Å²) in [6.07, 6.45) is 2.08. The molecule has 3 nitrogen and oxygen atoms in total. The number of imidazole rings is 1. The highest BCUT2D eigenvalue weighted by Crippen LogP contribution is 2.27. The quantitative estimate of drug-likeness (QED) is 0.819. The molecule has 0 spiro atoms. The third kappa shape index (κ3) is 1.62. The van der Waals surface area contributed by atoms with Crippen molar-refractivity contribution in [3.63, 3.8) is 0 Å². The first kappa shape index (κ1) is 9.87. The fourth-order valence-electron chi connectivity index (χ4n) is 1.99. The van der Waals surface area contributed by atoms with Crippen molar-refractivity contribution in [3.05, 3.63) is 41.3 Å². The van der Waals surface area contributed by atoms with E-state index in [1.165, 1.54) is 0 Å². The third-order valence-corrected chi connectivity index (χ3v) is 3.15. The van der Waals surface area contributed by atoms with Crippen LogP contribution in [0.2, 0.25) is 5.02 Å². The van der Waals surface area contributed by atoms with Gasteiger partial charge in [-0.3, -0.25) is 0 Å². The third-order valence-electron chi connectivity index (χ3n) is 2.82. The molecule has 2 aromatic rings. The van der Waals surface area contributed by atoms with Crippen LogP contribution in [-0.2, 0) is 13.1 Å². The molecule has 0 atom stereocenters. The molecule has 0 aliphatic carbocycles. The summed E-state index contributed by atoms with van der Waals surface area (Å²) in [7, 11) is 0. The molecule has 82 valence electrons. The molecule has 2 heterocycles. The summed E-state index contributed by atoms with van der Waals surface area (Å²) in [4.78, 5) is 4.60. The molecular weight excluding hydrogens is 222 g/mol. The van der Waals surface area contributed by atoms with Crippen LogP contribution in [0.15, 0.2) is 30.5 Å². The van der Waals surface area contributed by atoms with Gasteiger partial charge in [-0.05, 0) is 6.07 Å². The van der Waals surface area contributed by atoms with Crippen molar-refractivity contribution in [2.24, 2.45) is 0 Å². The Morgan fingerprint density at radius 3 is 3.00 bits per heavy atom. The summed E-state index contributed by atoms with van der Waals surface area (Å²) in [6.45, 7) is 2.82. The predicted molar refractivity (Wildman–Crippen MR) is 64.4 cm³/mol. The highest BCUT2D eigenvalue weighted by molar-refractivity contribution is 6.33. The van der Waals surface area contributed by atoms with Crippen molar-refractivity contribution in [2.75, 3.05) is 6.54 Å². The molecule has 4 heteroatoms. The number of rotatable bonds is 1. The Bertz CT molecular complexity index is 495. The maximum atomic E-state index is 6.16. The highest BCUT2D eigenvalue weighted by atomic mass is 35.5. The molecule has 0 amide bonds. The summed E-state index contributed by atoms with van der Waals surface area (Å²) in [6, 6.07) is 7.82. The number of nitrogens with one attached hydrogen (secondary N) is 1. The molecule has 0 saturated heterocycles. The van der Waals surface area contributed by atoms with Gasteiger partial charge in [0, 0.05) is 24.8 Å². The Morgan fingerprint density at radius 2 is 2.19 bits per heavy atom. The molecule has 0 saturated carbocycles. The van der Waals surface area contributed by atoms with Crippen LogP contribution < -0.4 is 5.32 Å². The lowest BCUT2D eigenvalue weighted by molar-refractivity contribution is 0.505. The van der Waals surface area contributed by atoms with Crippen molar-refractivity contribution < 1.29 is 0 Å².